The zero-order chi connectivity index (χ0) is 20.7. The van der Waals surface area contributed by atoms with Crippen molar-refractivity contribution in [2.75, 3.05) is 13.2 Å². The summed E-state index contributed by atoms with van der Waals surface area (Å²) in [5.74, 6) is 0.268. The van der Waals surface area contributed by atoms with Gasteiger partial charge >= 0.3 is 0 Å². The van der Waals surface area contributed by atoms with Crippen LogP contribution in [0.4, 0.5) is 0 Å². The summed E-state index contributed by atoms with van der Waals surface area (Å²) in [6.45, 7) is 10.4. The summed E-state index contributed by atoms with van der Waals surface area (Å²) < 4.78 is 5.75. The molecule has 2 rings (SSSR count). The van der Waals surface area contributed by atoms with Gasteiger partial charge in [0.25, 0.3) is 5.91 Å². The zero-order valence-electron chi connectivity index (χ0n) is 17.4. The molecule has 2 aromatic rings. The number of carbonyl (C=O) groups excluding carboxylic acids is 2. The minimum absolute atomic E-state index is 0.113. The Morgan fingerprint density at radius 2 is 1.71 bits per heavy atom. The van der Waals surface area contributed by atoms with Crippen LogP contribution in [0.1, 0.15) is 36.1 Å². The van der Waals surface area contributed by atoms with Crippen LogP contribution >= 0.6 is 0 Å². The smallest absolute Gasteiger partial charge is 0.261 e. The van der Waals surface area contributed by atoms with Crippen molar-refractivity contribution in [1.82, 2.24) is 10.2 Å². The van der Waals surface area contributed by atoms with Gasteiger partial charge in [0.2, 0.25) is 5.91 Å². The number of aryl methyl sites for hydroxylation is 3. The van der Waals surface area contributed by atoms with Gasteiger partial charge in [-0.05, 0) is 69.0 Å². The lowest BCUT2D eigenvalue weighted by molar-refractivity contribution is -0.142. The molecule has 0 spiro atoms. The van der Waals surface area contributed by atoms with Gasteiger partial charge in [0.1, 0.15) is 11.8 Å². The maximum atomic E-state index is 13.0. The van der Waals surface area contributed by atoms with Gasteiger partial charge in [-0.2, -0.15) is 0 Å². The van der Waals surface area contributed by atoms with Crippen molar-refractivity contribution in [3.8, 4) is 5.75 Å². The second-order valence-electron chi connectivity index (χ2n) is 7.13. The van der Waals surface area contributed by atoms with E-state index in [0.29, 0.717) is 18.8 Å². The predicted molar refractivity (Wildman–Crippen MR) is 111 cm³/mol. The van der Waals surface area contributed by atoms with E-state index in [2.05, 4.69) is 11.4 Å². The third-order valence-electron chi connectivity index (χ3n) is 4.68. The topological polar surface area (TPSA) is 58.6 Å². The first-order valence-corrected chi connectivity index (χ1v) is 9.64. The molecule has 5 nitrogen and oxygen atoms in total. The summed E-state index contributed by atoms with van der Waals surface area (Å²) in [7, 11) is 0. The monoisotopic (exact) mass is 382 g/mol. The quantitative estimate of drug-likeness (QED) is 0.760. The van der Waals surface area contributed by atoms with Crippen LogP contribution in [0.5, 0.6) is 5.75 Å². The fraction of sp³-hybridized carbons (Fsp3) is 0.391. The van der Waals surface area contributed by atoms with Gasteiger partial charge in [0.05, 0.1) is 0 Å². The standard InChI is InChI=1S/C23H30N2O3/c1-6-24-23(27)19(5)25(14-20-10-8-7-9-18(20)4)22(26)15-28-21-12-16(2)11-17(3)13-21/h7-13,19H,6,14-15H2,1-5H3,(H,24,27)/t19-/m1/s1. The van der Waals surface area contributed by atoms with Crippen molar-refractivity contribution in [3.05, 3.63) is 64.7 Å². The Bertz CT molecular complexity index is 812. The summed E-state index contributed by atoms with van der Waals surface area (Å²) in [5, 5.41) is 2.80. The molecular weight excluding hydrogens is 352 g/mol. The number of hydrogen-bond donors (Lipinski definition) is 1. The normalized spacial score (nSPS) is 11.6. The summed E-state index contributed by atoms with van der Waals surface area (Å²) in [6, 6.07) is 13.1. The maximum Gasteiger partial charge on any atom is 0.261 e. The van der Waals surface area contributed by atoms with Gasteiger partial charge in [-0.1, -0.05) is 30.3 Å². The van der Waals surface area contributed by atoms with E-state index < -0.39 is 6.04 Å². The molecule has 28 heavy (non-hydrogen) atoms. The second-order valence-corrected chi connectivity index (χ2v) is 7.13. The SMILES string of the molecule is CCNC(=O)[C@@H](C)N(Cc1ccccc1C)C(=O)COc1cc(C)cc(C)c1. The first-order chi connectivity index (χ1) is 13.3. The molecular formula is C23H30N2O3. The van der Waals surface area contributed by atoms with E-state index in [1.807, 2.05) is 64.1 Å². The van der Waals surface area contributed by atoms with Crippen molar-refractivity contribution in [1.29, 1.82) is 0 Å². The molecule has 2 aromatic carbocycles. The van der Waals surface area contributed by atoms with E-state index in [9.17, 15) is 9.59 Å². The number of hydrogen-bond acceptors (Lipinski definition) is 3. The van der Waals surface area contributed by atoms with Crippen LogP contribution < -0.4 is 10.1 Å². The minimum Gasteiger partial charge on any atom is -0.484 e. The van der Waals surface area contributed by atoms with Crippen LogP contribution in [-0.4, -0.2) is 35.9 Å². The number of carbonyl (C=O) groups is 2. The van der Waals surface area contributed by atoms with E-state index >= 15 is 0 Å². The molecule has 0 unspecified atom stereocenters. The van der Waals surface area contributed by atoms with Crippen LogP contribution in [0.3, 0.4) is 0 Å². The third kappa shape index (κ3) is 5.84. The highest BCUT2D eigenvalue weighted by Gasteiger charge is 2.26. The Labute approximate surface area is 167 Å². The predicted octanol–water partition coefficient (Wildman–Crippen LogP) is 3.54. The summed E-state index contributed by atoms with van der Waals surface area (Å²) in [6.07, 6.45) is 0. The molecule has 0 saturated carbocycles. The van der Waals surface area contributed by atoms with Gasteiger partial charge in [0, 0.05) is 13.1 Å². The molecule has 5 heteroatoms. The van der Waals surface area contributed by atoms with Gasteiger partial charge in [-0.15, -0.1) is 0 Å². The summed E-state index contributed by atoms with van der Waals surface area (Å²) >= 11 is 0. The molecule has 150 valence electrons. The maximum absolute atomic E-state index is 13.0. The fourth-order valence-corrected chi connectivity index (χ4v) is 3.12. The first-order valence-electron chi connectivity index (χ1n) is 9.64. The molecule has 0 bridgehead atoms. The van der Waals surface area contributed by atoms with Crippen molar-refractivity contribution >= 4 is 11.8 Å². The lowest BCUT2D eigenvalue weighted by atomic mass is 10.1. The average Bonchev–Trinajstić information content (AvgIpc) is 2.64. The average molecular weight is 383 g/mol. The van der Waals surface area contributed by atoms with Gasteiger partial charge < -0.3 is 15.0 Å². The van der Waals surface area contributed by atoms with Crippen molar-refractivity contribution in [3.63, 3.8) is 0 Å². The molecule has 1 atom stereocenters. The highest BCUT2D eigenvalue weighted by Crippen LogP contribution is 2.18. The van der Waals surface area contributed by atoms with E-state index in [1.165, 1.54) is 0 Å². The van der Waals surface area contributed by atoms with Crippen molar-refractivity contribution in [2.24, 2.45) is 0 Å². The lowest BCUT2D eigenvalue weighted by Crippen LogP contribution is -2.49. The Hall–Kier alpha value is -2.82. The molecule has 0 saturated heterocycles. The Morgan fingerprint density at radius 1 is 1.07 bits per heavy atom. The Kier molecular flexibility index (Phi) is 7.61. The molecule has 0 radical (unpaired) electrons. The van der Waals surface area contributed by atoms with E-state index in [0.717, 1.165) is 22.3 Å². The summed E-state index contributed by atoms with van der Waals surface area (Å²) in [4.78, 5) is 26.9. The number of benzene rings is 2. The number of ether oxygens (including phenoxy) is 1. The molecule has 0 heterocycles. The number of rotatable bonds is 8. The van der Waals surface area contributed by atoms with Crippen LogP contribution in [0.25, 0.3) is 0 Å². The van der Waals surface area contributed by atoms with E-state index in [4.69, 9.17) is 4.74 Å². The van der Waals surface area contributed by atoms with Crippen molar-refractivity contribution < 1.29 is 14.3 Å². The zero-order valence-corrected chi connectivity index (χ0v) is 17.4. The number of nitrogens with zero attached hydrogens (tertiary/aromatic N) is 1. The van der Waals surface area contributed by atoms with Gasteiger partial charge in [0.15, 0.2) is 6.61 Å². The molecule has 0 aromatic heterocycles. The molecule has 2 amide bonds. The molecule has 0 aliphatic heterocycles. The first kappa shape index (κ1) is 21.5. The second kappa shape index (κ2) is 9.93. The number of likely N-dealkylation sites (N-methyl/N-ethyl adjacent to an activating group) is 1. The largest absolute Gasteiger partial charge is 0.484 e. The molecule has 0 aliphatic carbocycles. The van der Waals surface area contributed by atoms with Crippen LogP contribution in [0, 0.1) is 20.8 Å². The van der Waals surface area contributed by atoms with Crippen LogP contribution in [-0.2, 0) is 16.1 Å². The minimum atomic E-state index is -0.588. The highest BCUT2D eigenvalue weighted by atomic mass is 16.5. The Morgan fingerprint density at radius 3 is 2.32 bits per heavy atom. The van der Waals surface area contributed by atoms with Crippen molar-refractivity contribution in [2.45, 2.75) is 47.2 Å². The van der Waals surface area contributed by atoms with E-state index in [-0.39, 0.29) is 18.4 Å². The number of amides is 2. The van der Waals surface area contributed by atoms with E-state index in [1.54, 1.807) is 11.8 Å². The molecule has 1 N–H and O–H groups in total. The van der Waals surface area contributed by atoms with Gasteiger partial charge in [-0.3, -0.25) is 9.59 Å². The molecule has 0 aliphatic rings. The van der Waals surface area contributed by atoms with Gasteiger partial charge in [-0.25, -0.2) is 0 Å². The third-order valence-corrected chi connectivity index (χ3v) is 4.68. The van der Waals surface area contributed by atoms with Crippen LogP contribution in [0.2, 0.25) is 0 Å². The Balaban J connectivity index is 2.17. The lowest BCUT2D eigenvalue weighted by Gasteiger charge is -2.29. The highest BCUT2D eigenvalue weighted by molar-refractivity contribution is 5.87. The number of nitrogens with one attached hydrogen (secondary N) is 1. The summed E-state index contributed by atoms with van der Waals surface area (Å²) in [5.41, 5.74) is 4.25. The fourth-order valence-electron chi connectivity index (χ4n) is 3.12. The molecule has 0 fully saturated rings. The van der Waals surface area contributed by atoms with Crippen LogP contribution in [0.15, 0.2) is 42.5 Å².